The number of carbonyl (C=O) groups is 1. The zero-order chi connectivity index (χ0) is 20.2. The second-order valence-corrected chi connectivity index (χ2v) is 6.82. The van der Waals surface area contributed by atoms with Crippen LogP contribution in [0.3, 0.4) is 0 Å². The summed E-state index contributed by atoms with van der Waals surface area (Å²) in [6, 6.07) is 1.55. The Balaban J connectivity index is 2.40. The zero-order valence-electron chi connectivity index (χ0n) is 16.3. The molecule has 0 aliphatic heterocycles. The van der Waals surface area contributed by atoms with Crippen LogP contribution in [-0.2, 0) is 0 Å². The summed E-state index contributed by atoms with van der Waals surface area (Å²) in [6.07, 6.45) is -1.17. The molecule has 2 aromatic carbocycles. The molecule has 0 fully saturated rings. The molecule has 5 heteroatoms. The zero-order valence-corrected chi connectivity index (χ0v) is 15.4. The number of furan rings is 1. The van der Waals surface area contributed by atoms with Crippen LogP contribution in [0.15, 0.2) is 49.7 Å². The van der Waals surface area contributed by atoms with Crippen LogP contribution in [0.4, 0.5) is 0 Å². The summed E-state index contributed by atoms with van der Waals surface area (Å²) in [5.41, 5.74) is 0.984. The molecule has 1 aromatic heterocycles. The molecule has 0 saturated heterocycles. The van der Waals surface area contributed by atoms with Crippen LogP contribution in [0.2, 0.25) is 0 Å². The van der Waals surface area contributed by atoms with E-state index in [-0.39, 0.29) is 33.9 Å². The fourth-order valence-corrected chi connectivity index (χ4v) is 3.46. The van der Waals surface area contributed by atoms with E-state index < -0.39 is 30.0 Å². The van der Waals surface area contributed by atoms with Crippen molar-refractivity contribution in [2.24, 2.45) is 0 Å². The number of aliphatic hydroxyl groups excluding tert-OH is 1. The summed E-state index contributed by atoms with van der Waals surface area (Å²) in [4.78, 5) is 13.3. The minimum absolute atomic E-state index is 0.0327. The number of rotatable bonds is 3. The largest absolute Gasteiger partial charge is 0.458 e. The summed E-state index contributed by atoms with van der Waals surface area (Å²) in [5, 5.41) is 10.1. The van der Waals surface area contributed by atoms with Crippen LogP contribution in [0.5, 0.6) is 0 Å². The fraction of sp³-hybridized carbons (Fsp3) is 0.167. The van der Waals surface area contributed by atoms with Gasteiger partial charge in [0.25, 0.3) is 0 Å². The minimum atomic E-state index is -1.17. The third kappa shape index (κ3) is 2.89. The van der Waals surface area contributed by atoms with Gasteiger partial charge in [0.2, 0.25) is 0 Å². The number of aliphatic hydroxyl groups is 1. The van der Waals surface area contributed by atoms with Gasteiger partial charge >= 0.3 is 0 Å². The van der Waals surface area contributed by atoms with E-state index >= 15 is 0 Å². The Morgan fingerprint density at radius 1 is 1.26 bits per heavy atom. The average Bonchev–Trinajstić information content (AvgIpc) is 3.02. The van der Waals surface area contributed by atoms with Crippen LogP contribution >= 0.6 is 31.9 Å². The lowest BCUT2D eigenvalue weighted by Gasteiger charge is -2.08. The Labute approximate surface area is 156 Å². The summed E-state index contributed by atoms with van der Waals surface area (Å²) in [7, 11) is 0. The first-order valence-corrected chi connectivity index (χ1v) is 8.36. The first-order chi connectivity index (χ1) is 12.6. The van der Waals surface area contributed by atoms with Crippen molar-refractivity contribution < 1.29 is 19.8 Å². The number of halogens is 2. The van der Waals surface area contributed by atoms with Gasteiger partial charge in [-0.15, -0.1) is 0 Å². The Hall–Kier alpha value is -1.43. The molecule has 118 valence electrons. The van der Waals surface area contributed by atoms with Gasteiger partial charge in [-0.05, 0) is 37.6 Å². The number of fused-ring (bicyclic) bond motifs is 1. The topological polar surface area (TPSA) is 50.4 Å². The highest BCUT2D eigenvalue weighted by Crippen LogP contribution is 2.34. The van der Waals surface area contributed by atoms with Gasteiger partial charge in [0.15, 0.2) is 5.78 Å². The Morgan fingerprint density at radius 2 is 1.87 bits per heavy atom. The van der Waals surface area contributed by atoms with Crippen molar-refractivity contribution >= 4 is 48.6 Å². The fourth-order valence-electron chi connectivity index (χ4n) is 2.28. The number of para-hydroxylation sites is 1. The number of carbonyl (C=O) groups excluding carboxylic acids is 1. The summed E-state index contributed by atoms with van der Waals surface area (Å²) >= 11 is 6.79. The third-order valence-corrected chi connectivity index (χ3v) is 5.16. The molecule has 0 aliphatic carbocycles. The number of ketones is 1. The molecule has 0 aliphatic rings. The maximum absolute atomic E-state index is 13.3. The maximum atomic E-state index is 13.3. The van der Waals surface area contributed by atoms with Crippen molar-refractivity contribution in [3.05, 3.63) is 67.7 Å². The lowest BCUT2D eigenvalue weighted by molar-refractivity contribution is 0.102. The lowest BCUT2D eigenvalue weighted by Crippen LogP contribution is -2.06. The Morgan fingerprint density at radius 3 is 2.48 bits per heavy atom. The molecule has 0 radical (unpaired) electrons. The van der Waals surface area contributed by atoms with Gasteiger partial charge in [-0.2, -0.15) is 0 Å². The van der Waals surface area contributed by atoms with E-state index in [1.807, 2.05) is 6.92 Å². The van der Waals surface area contributed by atoms with E-state index in [4.69, 9.17) is 9.90 Å². The maximum Gasteiger partial charge on any atom is 0.197 e. The first kappa shape index (κ1) is 12.0. The first-order valence-electron chi connectivity index (χ1n) is 8.77. The third-order valence-electron chi connectivity index (χ3n) is 3.51. The highest BCUT2D eigenvalue weighted by Gasteiger charge is 2.25. The molecule has 3 rings (SSSR count). The van der Waals surface area contributed by atoms with Crippen LogP contribution in [0.1, 0.15) is 45.8 Å². The summed E-state index contributed by atoms with van der Waals surface area (Å²) in [6.45, 7) is 3.28. The van der Waals surface area contributed by atoms with E-state index in [1.165, 1.54) is 6.92 Å². The minimum Gasteiger partial charge on any atom is -0.458 e. The van der Waals surface area contributed by atoms with E-state index in [9.17, 15) is 9.90 Å². The molecule has 0 spiro atoms. The second kappa shape index (κ2) is 6.23. The van der Waals surface area contributed by atoms with Gasteiger partial charge < -0.3 is 9.52 Å². The van der Waals surface area contributed by atoms with Crippen molar-refractivity contribution in [2.75, 3.05) is 0 Å². The second-order valence-electron chi connectivity index (χ2n) is 5.12. The van der Waals surface area contributed by atoms with E-state index in [0.717, 1.165) is 5.56 Å². The molecule has 0 saturated carbocycles. The Kier molecular flexibility index (Phi) is 3.25. The molecule has 1 N–H and O–H groups in total. The van der Waals surface area contributed by atoms with Gasteiger partial charge in [0.1, 0.15) is 17.4 Å². The molecular weight excluding hydrogens is 424 g/mol. The molecular formula is C18H14Br2O3. The van der Waals surface area contributed by atoms with Crippen molar-refractivity contribution in [3.63, 3.8) is 0 Å². The smallest absolute Gasteiger partial charge is 0.197 e. The average molecular weight is 442 g/mol. The van der Waals surface area contributed by atoms with Crippen molar-refractivity contribution in [1.82, 2.24) is 0 Å². The molecule has 3 nitrogen and oxygen atoms in total. The molecule has 1 atom stereocenters. The predicted octanol–water partition coefficient (Wildman–Crippen LogP) is 5.55. The molecule has 0 amide bonds. The molecule has 0 bridgehead atoms. The molecule has 23 heavy (non-hydrogen) atoms. The lowest BCUT2D eigenvalue weighted by atomic mass is 9.98. The van der Waals surface area contributed by atoms with Gasteiger partial charge in [-0.25, -0.2) is 0 Å². The molecule has 1 heterocycles. The van der Waals surface area contributed by atoms with Crippen LogP contribution in [-0.4, -0.2) is 10.9 Å². The normalized spacial score (nSPS) is 15.0. The summed E-state index contributed by atoms with van der Waals surface area (Å²) in [5.74, 6) is -0.592. The van der Waals surface area contributed by atoms with Gasteiger partial charge in [0.05, 0.1) is 11.0 Å². The Bertz CT molecular complexity index is 1080. The van der Waals surface area contributed by atoms with Gasteiger partial charge in [-0.1, -0.05) is 50.0 Å². The van der Waals surface area contributed by atoms with Crippen molar-refractivity contribution in [1.29, 1.82) is 0 Å². The number of hydrogen-bond donors (Lipinski definition) is 1. The van der Waals surface area contributed by atoms with Crippen LogP contribution < -0.4 is 0 Å². The van der Waals surface area contributed by atoms with E-state index in [0.29, 0.717) is 8.95 Å². The molecule has 1 unspecified atom stereocenters. The highest BCUT2D eigenvalue weighted by molar-refractivity contribution is 9.11. The quantitative estimate of drug-likeness (QED) is 0.542. The van der Waals surface area contributed by atoms with Crippen molar-refractivity contribution in [2.45, 2.75) is 20.0 Å². The monoisotopic (exact) mass is 440 g/mol. The number of hydrogen-bond acceptors (Lipinski definition) is 3. The van der Waals surface area contributed by atoms with Gasteiger partial charge in [0, 0.05) is 19.9 Å². The van der Waals surface area contributed by atoms with E-state index in [1.54, 1.807) is 12.1 Å². The van der Waals surface area contributed by atoms with Crippen LogP contribution in [0.25, 0.3) is 11.0 Å². The predicted molar refractivity (Wildman–Crippen MR) is 96.9 cm³/mol. The molecule has 3 aromatic rings. The summed E-state index contributed by atoms with van der Waals surface area (Å²) < 4.78 is 38.8. The van der Waals surface area contributed by atoms with Crippen LogP contribution in [0, 0.1) is 6.92 Å². The standard InChI is InChI=1S/C18H14Br2O3/c1-9-13(19)7-11(8-14(9)20)17(22)16-12-5-3-4-6-15(12)23-18(16)10(2)21/h3-8,10,21H,1-2H3/i3D,4D,5D,6D. The highest BCUT2D eigenvalue weighted by atomic mass is 79.9. The van der Waals surface area contributed by atoms with Gasteiger partial charge in [-0.3, -0.25) is 4.79 Å². The van der Waals surface area contributed by atoms with Crippen molar-refractivity contribution in [3.8, 4) is 0 Å². The SMILES string of the molecule is [2H]c1c([2H])c([2H])c2c(C(=O)c3cc(Br)c(C)c(Br)c3)c(C(C)O)oc2c1[2H]. The number of benzene rings is 2. The van der Waals surface area contributed by atoms with E-state index in [2.05, 4.69) is 31.9 Å².